The molecule has 90 valence electrons. The molecule has 0 fully saturated rings. The van der Waals surface area contributed by atoms with Crippen molar-refractivity contribution in [2.45, 2.75) is 6.92 Å². The molecule has 1 rings (SSSR count). The Balaban J connectivity index is 3.11. The maximum absolute atomic E-state index is 10.7. The van der Waals surface area contributed by atoms with E-state index in [1.54, 1.807) is 6.92 Å². The minimum atomic E-state index is -1.24. The molecule has 17 heavy (non-hydrogen) atoms. The Morgan fingerprint density at radius 3 is 2.76 bits per heavy atom. The largest absolute Gasteiger partial charge is 0.477 e. The van der Waals surface area contributed by atoms with E-state index in [2.05, 4.69) is 16.9 Å². The van der Waals surface area contributed by atoms with Crippen molar-refractivity contribution >= 4 is 17.5 Å². The molecule has 2 N–H and O–H groups in total. The van der Waals surface area contributed by atoms with E-state index >= 15 is 0 Å². The van der Waals surface area contributed by atoms with Gasteiger partial charge in [0.1, 0.15) is 0 Å². The summed E-state index contributed by atoms with van der Waals surface area (Å²) in [6, 6.07) is 2.20. The lowest BCUT2D eigenvalue weighted by atomic mass is 10.3. The van der Waals surface area contributed by atoms with Gasteiger partial charge in [-0.05, 0) is 13.0 Å². The molecule has 0 aliphatic carbocycles. The highest BCUT2D eigenvalue weighted by Crippen LogP contribution is 2.22. The van der Waals surface area contributed by atoms with Crippen LogP contribution < -0.4 is 5.32 Å². The molecule has 7 heteroatoms. The number of hydrogen-bond acceptors (Lipinski definition) is 5. The molecular weight excluding hydrogens is 226 g/mol. The number of hydrogen-bond donors (Lipinski definition) is 2. The summed E-state index contributed by atoms with van der Waals surface area (Å²) in [6.07, 6.45) is 0. The first kappa shape index (κ1) is 12.6. The number of pyridine rings is 1. The smallest absolute Gasteiger partial charge is 0.354 e. The zero-order chi connectivity index (χ0) is 13.0. The van der Waals surface area contributed by atoms with Gasteiger partial charge >= 0.3 is 11.7 Å². The van der Waals surface area contributed by atoms with Crippen molar-refractivity contribution in [1.82, 2.24) is 4.98 Å². The maximum Gasteiger partial charge on any atom is 0.354 e. The van der Waals surface area contributed by atoms with Gasteiger partial charge in [-0.2, -0.15) is 0 Å². The number of carboxylic acid groups (broad SMARTS) is 1. The summed E-state index contributed by atoms with van der Waals surface area (Å²) < 4.78 is 0. The Morgan fingerprint density at radius 2 is 2.29 bits per heavy atom. The number of rotatable bonds is 5. The number of carbonyl (C=O) groups is 1. The van der Waals surface area contributed by atoms with Crippen molar-refractivity contribution in [2.24, 2.45) is 0 Å². The number of aromatic carboxylic acids is 1. The van der Waals surface area contributed by atoms with Crippen LogP contribution in [0.25, 0.3) is 0 Å². The van der Waals surface area contributed by atoms with Gasteiger partial charge in [-0.15, -0.1) is 0 Å². The number of aromatic nitrogens is 1. The molecule has 0 aliphatic heterocycles. The minimum Gasteiger partial charge on any atom is -0.477 e. The summed E-state index contributed by atoms with van der Waals surface area (Å²) in [5, 5.41) is 22.1. The summed E-state index contributed by atoms with van der Waals surface area (Å²) >= 11 is 0. The van der Waals surface area contributed by atoms with Crippen molar-refractivity contribution in [1.29, 1.82) is 0 Å². The molecule has 0 aromatic carbocycles. The van der Waals surface area contributed by atoms with Gasteiger partial charge in [-0.3, -0.25) is 10.1 Å². The van der Waals surface area contributed by atoms with E-state index in [4.69, 9.17) is 5.11 Å². The molecule has 1 aromatic rings. The normalized spacial score (nSPS) is 9.71. The zero-order valence-electron chi connectivity index (χ0n) is 9.14. The van der Waals surface area contributed by atoms with E-state index in [1.165, 1.54) is 0 Å². The van der Waals surface area contributed by atoms with Gasteiger partial charge in [0.05, 0.1) is 4.92 Å². The summed E-state index contributed by atoms with van der Waals surface area (Å²) in [5.41, 5.74) is 0.234. The molecule has 0 spiro atoms. The lowest BCUT2D eigenvalue weighted by Crippen LogP contribution is -2.10. The van der Waals surface area contributed by atoms with E-state index in [0.29, 0.717) is 0 Å². The predicted octanol–water partition coefficient (Wildman–Crippen LogP) is 1.68. The second kappa shape index (κ2) is 5.06. The van der Waals surface area contributed by atoms with Crippen molar-refractivity contribution in [2.75, 3.05) is 11.9 Å². The fourth-order valence-corrected chi connectivity index (χ4v) is 1.08. The predicted molar refractivity (Wildman–Crippen MR) is 61.2 cm³/mol. The highest BCUT2D eigenvalue weighted by atomic mass is 16.6. The van der Waals surface area contributed by atoms with Gasteiger partial charge in [0, 0.05) is 12.6 Å². The lowest BCUT2D eigenvalue weighted by molar-refractivity contribution is -0.384. The molecule has 1 aromatic heterocycles. The van der Waals surface area contributed by atoms with Crippen molar-refractivity contribution < 1.29 is 14.8 Å². The molecule has 0 aliphatic rings. The average Bonchev–Trinajstić information content (AvgIpc) is 2.25. The standard InChI is InChI=1S/C10H11N3O4/c1-6(2)5-11-9-8(13(16)17)4-3-7(12-9)10(14)15/h3-4H,1,5H2,2H3,(H,11,12)(H,14,15). The Kier molecular flexibility index (Phi) is 3.76. The Hall–Kier alpha value is -2.44. The third-order valence-electron chi connectivity index (χ3n) is 1.85. The molecule has 7 nitrogen and oxygen atoms in total. The highest BCUT2D eigenvalue weighted by molar-refractivity contribution is 5.86. The first-order chi connectivity index (χ1) is 7.91. The number of carboxylic acids is 1. The summed E-state index contributed by atoms with van der Waals surface area (Å²) in [7, 11) is 0. The molecule has 0 saturated carbocycles. The highest BCUT2D eigenvalue weighted by Gasteiger charge is 2.17. The molecule has 0 bridgehead atoms. The van der Waals surface area contributed by atoms with Crippen LogP contribution in [0.5, 0.6) is 0 Å². The first-order valence-electron chi connectivity index (χ1n) is 4.69. The molecule has 0 unspecified atom stereocenters. The molecule has 0 atom stereocenters. The topological polar surface area (TPSA) is 105 Å². The molecule has 0 amide bonds. The quantitative estimate of drug-likeness (QED) is 0.458. The summed E-state index contributed by atoms with van der Waals surface area (Å²) in [5.74, 6) is -1.31. The Bertz CT molecular complexity index is 484. The number of nitrogens with one attached hydrogen (secondary N) is 1. The van der Waals surface area contributed by atoms with E-state index in [1.807, 2.05) is 0 Å². The van der Waals surface area contributed by atoms with Crippen LogP contribution in [0.15, 0.2) is 24.3 Å². The lowest BCUT2D eigenvalue weighted by Gasteiger charge is -2.06. The van der Waals surface area contributed by atoms with Crippen molar-refractivity contribution in [3.63, 3.8) is 0 Å². The van der Waals surface area contributed by atoms with E-state index in [-0.39, 0.29) is 23.7 Å². The minimum absolute atomic E-state index is 0.0714. The second-order valence-electron chi connectivity index (χ2n) is 3.44. The van der Waals surface area contributed by atoms with Gasteiger partial charge in [-0.25, -0.2) is 9.78 Å². The van der Waals surface area contributed by atoms with Crippen LogP contribution in [0.1, 0.15) is 17.4 Å². The second-order valence-corrected chi connectivity index (χ2v) is 3.44. The van der Waals surface area contributed by atoms with Gasteiger partial charge < -0.3 is 10.4 Å². The SMILES string of the molecule is C=C(C)CNc1nc(C(=O)O)ccc1[N+](=O)[O-]. The van der Waals surface area contributed by atoms with Crippen molar-refractivity contribution in [3.05, 3.63) is 40.1 Å². The van der Waals surface area contributed by atoms with Gasteiger partial charge in [0.25, 0.3) is 0 Å². The fourth-order valence-electron chi connectivity index (χ4n) is 1.08. The van der Waals surface area contributed by atoms with Crippen LogP contribution in [0, 0.1) is 10.1 Å². The third-order valence-corrected chi connectivity index (χ3v) is 1.85. The fraction of sp³-hybridized carbons (Fsp3) is 0.200. The molecule has 0 saturated heterocycles. The summed E-state index contributed by atoms with van der Waals surface area (Å²) in [6.45, 7) is 5.65. The maximum atomic E-state index is 10.7. The van der Waals surface area contributed by atoms with Crippen LogP contribution in [-0.4, -0.2) is 27.5 Å². The van der Waals surface area contributed by atoms with Crippen LogP contribution >= 0.6 is 0 Å². The zero-order valence-corrected chi connectivity index (χ0v) is 9.14. The number of nitro groups is 1. The van der Waals surface area contributed by atoms with Crippen LogP contribution in [0.2, 0.25) is 0 Å². The average molecular weight is 237 g/mol. The molecular formula is C10H11N3O4. The Morgan fingerprint density at radius 1 is 1.65 bits per heavy atom. The summed E-state index contributed by atoms with van der Waals surface area (Å²) in [4.78, 5) is 24.4. The third kappa shape index (κ3) is 3.26. The van der Waals surface area contributed by atoms with Gasteiger partial charge in [-0.1, -0.05) is 12.2 Å². The van der Waals surface area contributed by atoms with Gasteiger partial charge in [0.2, 0.25) is 5.82 Å². The number of anilines is 1. The van der Waals surface area contributed by atoms with E-state index in [0.717, 1.165) is 17.7 Å². The van der Waals surface area contributed by atoms with E-state index in [9.17, 15) is 14.9 Å². The van der Waals surface area contributed by atoms with Crippen LogP contribution in [-0.2, 0) is 0 Å². The first-order valence-corrected chi connectivity index (χ1v) is 4.69. The van der Waals surface area contributed by atoms with Crippen LogP contribution in [0.3, 0.4) is 0 Å². The Labute approximate surface area is 96.9 Å². The molecule has 0 radical (unpaired) electrons. The van der Waals surface area contributed by atoms with Crippen LogP contribution in [0.4, 0.5) is 11.5 Å². The van der Waals surface area contributed by atoms with Gasteiger partial charge in [0.15, 0.2) is 5.69 Å². The van der Waals surface area contributed by atoms with Crippen molar-refractivity contribution in [3.8, 4) is 0 Å². The van der Waals surface area contributed by atoms with E-state index < -0.39 is 10.9 Å². The number of nitrogens with zero attached hydrogens (tertiary/aromatic N) is 2. The monoisotopic (exact) mass is 237 g/mol. The molecule has 1 heterocycles.